The number of nitrogens with zero attached hydrogens (tertiary/aromatic N) is 2. The Bertz CT molecular complexity index is 1310. The minimum Gasteiger partial charge on any atom is -0.480 e. The third-order valence-electron chi connectivity index (χ3n) is 9.93. The van der Waals surface area contributed by atoms with Gasteiger partial charge in [-0.1, -0.05) is 96.1 Å². The van der Waals surface area contributed by atoms with Gasteiger partial charge >= 0.3 is 5.97 Å². The van der Waals surface area contributed by atoms with E-state index in [-0.39, 0.29) is 30.7 Å². The second-order valence-electron chi connectivity index (χ2n) is 13.6. The van der Waals surface area contributed by atoms with Gasteiger partial charge in [0, 0.05) is 53.6 Å². The van der Waals surface area contributed by atoms with Gasteiger partial charge in [0.05, 0.1) is 0 Å². The van der Waals surface area contributed by atoms with Crippen LogP contribution in [0, 0.1) is 0 Å². The first kappa shape index (κ1) is 36.4. The van der Waals surface area contributed by atoms with Crippen LogP contribution in [-0.4, -0.2) is 59.4 Å². The number of piperidine rings is 1. The predicted octanol–water partition coefficient (Wildman–Crippen LogP) is 8.65. The van der Waals surface area contributed by atoms with Crippen molar-refractivity contribution in [3.05, 3.63) is 41.5 Å². The van der Waals surface area contributed by atoms with Gasteiger partial charge in [-0.25, -0.2) is 4.79 Å². The highest BCUT2D eigenvalue weighted by Gasteiger charge is 2.33. The highest BCUT2D eigenvalue weighted by Crippen LogP contribution is 2.37. The summed E-state index contributed by atoms with van der Waals surface area (Å²) in [6.45, 7) is 4.41. The van der Waals surface area contributed by atoms with E-state index in [1.807, 2.05) is 24.3 Å². The number of hydrogen-bond acceptors (Lipinski definition) is 5. The number of benzene rings is 2. The first-order valence-electron chi connectivity index (χ1n) is 18.6. The molecule has 2 N–H and O–H groups in total. The molecule has 0 bridgehead atoms. The summed E-state index contributed by atoms with van der Waals surface area (Å²) in [7, 11) is 0. The molecule has 0 aliphatic carbocycles. The molecule has 0 aromatic heterocycles. The summed E-state index contributed by atoms with van der Waals surface area (Å²) >= 11 is 0. The average Bonchev–Trinajstić information content (AvgIpc) is 3.08. The number of carbonyl (C=O) groups is 4. The van der Waals surface area contributed by atoms with Crippen molar-refractivity contribution in [2.75, 3.05) is 24.5 Å². The summed E-state index contributed by atoms with van der Waals surface area (Å²) in [5.41, 5.74) is 2.16. The van der Waals surface area contributed by atoms with Gasteiger partial charge in [0.15, 0.2) is 0 Å². The Morgan fingerprint density at radius 2 is 1.34 bits per heavy atom. The third kappa shape index (κ3) is 10.5. The highest BCUT2D eigenvalue weighted by atomic mass is 16.4. The second-order valence-corrected chi connectivity index (χ2v) is 13.6. The molecule has 3 amide bonds. The van der Waals surface area contributed by atoms with Crippen LogP contribution in [0.15, 0.2) is 30.3 Å². The molecule has 2 aliphatic rings. The summed E-state index contributed by atoms with van der Waals surface area (Å²) in [5, 5.41) is 14.1. The number of anilines is 1. The van der Waals surface area contributed by atoms with E-state index in [1.165, 1.54) is 75.5 Å². The number of unbranched alkanes of at least 4 members (excludes halogenated alkanes) is 13. The predicted molar refractivity (Wildman–Crippen MR) is 189 cm³/mol. The lowest BCUT2D eigenvalue weighted by molar-refractivity contribution is -0.142. The van der Waals surface area contributed by atoms with Crippen LogP contribution in [0.5, 0.6) is 0 Å². The van der Waals surface area contributed by atoms with Gasteiger partial charge in [0.1, 0.15) is 6.04 Å². The Kier molecular flexibility index (Phi) is 15.0. The van der Waals surface area contributed by atoms with Gasteiger partial charge in [-0.15, -0.1) is 0 Å². The first-order chi connectivity index (χ1) is 22.9. The van der Waals surface area contributed by atoms with E-state index < -0.39 is 12.0 Å². The van der Waals surface area contributed by atoms with E-state index in [9.17, 15) is 24.3 Å². The van der Waals surface area contributed by atoms with Crippen LogP contribution in [0.2, 0.25) is 0 Å². The number of rotatable bonds is 22. The zero-order valence-corrected chi connectivity index (χ0v) is 28.7. The standard InChI is InChI=1S/C39H57N3O5/c1-2-3-4-5-6-7-8-9-10-11-12-13-15-24-35(43)40-33(39(46)47)23-16-19-29-42-37(44)31-22-20-21-30-34(41-27-17-14-18-28-41)26-25-32(36(30)31)38(42)45/h20-22,25-26,33H,2-19,23-24,27-29H2,1H3,(H,40,43)(H,46,47). The fourth-order valence-corrected chi connectivity index (χ4v) is 7.19. The van der Waals surface area contributed by atoms with Crippen molar-refractivity contribution in [1.29, 1.82) is 0 Å². The molecule has 1 atom stereocenters. The smallest absolute Gasteiger partial charge is 0.326 e. The van der Waals surface area contributed by atoms with Crippen molar-refractivity contribution in [2.24, 2.45) is 0 Å². The minimum absolute atomic E-state index is 0.209. The van der Waals surface area contributed by atoms with E-state index >= 15 is 0 Å². The summed E-state index contributed by atoms with van der Waals surface area (Å²) in [6, 6.07) is 8.57. The molecule has 1 fully saturated rings. The Morgan fingerprint density at radius 1 is 0.745 bits per heavy atom. The zero-order chi connectivity index (χ0) is 33.4. The lowest BCUT2D eigenvalue weighted by atomic mass is 9.92. The summed E-state index contributed by atoms with van der Waals surface area (Å²) in [5.74, 6) is -1.89. The van der Waals surface area contributed by atoms with Crippen LogP contribution in [0.25, 0.3) is 10.8 Å². The molecule has 47 heavy (non-hydrogen) atoms. The number of carboxylic acid groups (broad SMARTS) is 1. The van der Waals surface area contributed by atoms with Crippen LogP contribution < -0.4 is 10.2 Å². The average molecular weight is 648 g/mol. The topological polar surface area (TPSA) is 107 Å². The van der Waals surface area contributed by atoms with Crippen LogP contribution >= 0.6 is 0 Å². The molecule has 2 aromatic rings. The van der Waals surface area contributed by atoms with Crippen molar-refractivity contribution in [2.45, 2.75) is 141 Å². The quantitative estimate of drug-likeness (QED) is 0.0979. The maximum absolute atomic E-state index is 13.5. The van der Waals surface area contributed by atoms with Crippen molar-refractivity contribution >= 4 is 40.2 Å². The minimum atomic E-state index is -1.06. The third-order valence-corrected chi connectivity index (χ3v) is 9.93. The largest absolute Gasteiger partial charge is 0.480 e. The molecular weight excluding hydrogens is 590 g/mol. The molecule has 2 aromatic carbocycles. The van der Waals surface area contributed by atoms with Gasteiger partial charge in [0.2, 0.25) is 5.91 Å². The summed E-state index contributed by atoms with van der Waals surface area (Å²) < 4.78 is 0. The molecule has 1 saturated heterocycles. The van der Waals surface area contributed by atoms with E-state index in [0.717, 1.165) is 61.7 Å². The lowest BCUT2D eigenvalue weighted by Gasteiger charge is -2.32. The van der Waals surface area contributed by atoms with Gasteiger partial charge < -0.3 is 15.3 Å². The Balaban J connectivity index is 1.15. The molecular formula is C39H57N3O5. The van der Waals surface area contributed by atoms with E-state index in [0.29, 0.717) is 30.4 Å². The monoisotopic (exact) mass is 647 g/mol. The molecule has 8 nitrogen and oxygen atoms in total. The van der Waals surface area contributed by atoms with Gasteiger partial charge in [-0.05, 0) is 63.1 Å². The molecule has 258 valence electrons. The fourth-order valence-electron chi connectivity index (χ4n) is 7.19. The second kappa shape index (κ2) is 19.4. The molecule has 8 heteroatoms. The summed E-state index contributed by atoms with van der Waals surface area (Å²) in [4.78, 5) is 55.0. The van der Waals surface area contributed by atoms with E-state index in [2.05, 4.69) is 17.1 Å². The lowest BCUT2D eigenvalue weighted by Crippen LogP contribution is -2.42. The van der Waals surface area contributed by atoms with Crippen molar-refractivity contribution in [3.63, 3.8) is 0 Å². The van der Waals surface area contributed by atoms with E-state index in [1.54, 1.807) is 6.07 Å². The van der Waals surface area contributed by atoms with Crippen molar-refractivity contribution in [1.82, 2.24) is 10.2 Å². The fraction of sp³-hybridized carbons (Fsp3) is 0.641. The molecule has 4 rings (SSSR count). The van der Waals surface area contributed by atoms with Crippen molar-refractivity contribution in [3.8, 4) is 0 Å². The molecule has 2 heterocycles. The number of amides is 3. The maximum atomic E-state index is 13.5. The van der Waals surface area contributed by atoms with Gasteiger partial charge in [-0.3, -0.25) is 19.3 Å². The molecule has 1 unspecified atom stereocenters. The molecule has 0 spiro atoms. The first-order valence-corrected chi connectivity index (χ1v) is 18.6. The van der Waals surface area contributed by atoms with Crippen LogP contribution in [0.3, 0.4) is 0 Å². The van der Waals surface area contributed by atoms with E-state index in [4.69, 9.17) is 0 Å². The summed E-state index contributed by atoms with van der Waals surface area (Å²) in [6.07, 6.45) is 21.0. The van der Waals surface area contributed by atoms with Crippen LogP contribution in [0.1, 0.15) is 156 Å². The highest BCUT2D eigenvalue weighted by molar-refractivity contribution is 6.26. The number of nitrogens with one attached hydrogen (secondary N) is 1. The normalized spacial score (nSPS) is 15.3. The number of aliphatic carboxylic acids is 1. The maximum Gasteiger partial charge on any atom is 0.326 e. The number of carbonyl (C=O) groups excluding carboxylic acids is 3. The Morgan fingerprint density at radius 3 is 1.96 bits per heavy atom. The Hall–Kier alpha value is -3.42. The van der Waals surface area contributed by atoms with Crippen LogP contribution in [0.4, 0.5) is 5.69 Å². The number of carboxylic acids is 1. The van der Waals surface area contributed by atoms with Gasteiger partial charge in [-0.2, -0.15) is 0 Å². The SMILES string of the molecule is CCCCCCCCCCCCCCCC(=O)NC(CCCCN1C(=O)c2cccc3c(N4CCCCC4)ccc(c23)C1=O)C(=O)O. The molecule has 2 aliphatic heterocycles. The molecule has 0 saturated carbocycles. The number of imide groups is 1. The Labute approximate surface area is 281 Å². The van der Waals surface area contributed by atoms with Crippen molar-refractivity contribution < 1.29 is 24.3 Å². The number of hydrogen-bond donors (Lipinski definition) is 2. The molecule has 0 radical (unpaired) electrons. The van der Waals surface area contributed by atoms with Gasteiger partial charge in [0.25, 0.3) is 11.8 Å². The van der Waals surface area contributed by atoms with Crippen LogP contribution in [-0.2, 0) is 9.59 Å². The zero-order valence-electron chi connectivity index (χ0n) is 28.7.